The van der Waals surface area contributed by atoms with Crippen molar-refractivity contribution in [3.8, 4) is 30.6 Å². The van der Waals surface area contributed by atoms with Crippen LogP contribution in [0.5, 0.6) is 0 Å². The Bertz CT molecular complexity index is 1090. The van der Waals surface area contributed by atoms with Crippen molar-refractivity contribution in [3.05, 3.63) is 73.3 Å². The highest BCUT2D eigenvalue weighted by atomic mass is 32.1. The monoisotopic (exact) mass is 546 g/mol. The zero-order valence-electron chi connectivity index (χ0n) is 23.5. The molecule has 0 saturated heterocycles. The van der Waals surface area contributed by atoms with Crippen molar-refractivity contribution in [2.24, 2.45) is 0 Å². The van der Waals surface area contributed by atoms with Crippen molar-refractivity contribution in [3.63, 3.8) is 0 Å². The first-order valence-electron chi connectivity index (χ1n) is 15.0. The third kappa shape index (κ3) is 8.88. The van der Waals surface area contributed by atoms with Gasteiger partial charge in [-0.1, -0.05) is 65.2 Å². The summed E-state index contributed by atoms with van der Waals surface area (Å²) in [5.41, 5.74) is 2.63. The van der Waals surface area contributed by atoms with Gasteiger partial charge in [-0.2, -0.15) is 0 Å². The van der Waals surface area contributed by atoms with E-state index < -0.39 is 0 Å². The molecule has 0 spiro atoms. The van der Waals surface area contributed by atoms with E-state index in [-0.39, 0.29) is 0 Å². The molecule has 2 nitrogen and oxygen atoms in total. The molecule has 0 radical (unpaired) electrons. The van der Waals surface area contributed by atoms with Crippen molar-refractivity contribution in [1.82, 2.24) is 0 Å². The summed E-state index contributed by atoms with van der Waals surface area (Å²) < 4.78 is 4.67. The lowest BCUT2D eigenvalue weighted by atomic mass is 10.1. The molecule has 0 N–H and O–H groups in total. The van der Waals surface area contributed by atoms with Crippen LogP contribution in [0, 0.1) is 0 Å². The number of hydrogen-bond acceptors (Lipinski definition) is 2. The fourth-order valence-corrected chi connectivity index (χ4v) is 7.05. The maximum Gasteiger partial charge on any atom is 0.169 e. The first kappa shape index (κ1) is 28.7. The highest BCUT2D eigenvalue weighted by Crippen LogP contribution is 2.40. The Kier molecular flexibility index (Phi) is 12.1. The Morgan fingerprint density at radius 1 is 0.421 bits per heavy atom. The lowest BCUT2D eigenvalue weighted by molar-refractivity contribution is -0.697. The molecule has 0 atom stereocenters. The van der Waals surface area contributed by atoms with Crippen LogP contribution in [0.1, 0.15) is 90.9 Å². The molecule has 0 aliphatic rings. The van der Waals surface area contributed by atoms with Crippen LogP contribution in [0.25, 0.3) is 30.6 Å². The topological polar surface area (TPSA) is 7.76 Å². The van der Waals surface area contributed by atoms with E-state index in [4.69, 9.17) is 0 Å². The molecule has 202 valence electrons. The summed E-state index contributed by atoms with van der Waals surface area (Å²) in [7, 11) is 0. The number of rotatable bonds is 17. The Morgan fingerprint density at radius 2 is 0.763 bits per heavy atom. The molecule has 4 aromatic heterocycles. The van der Waals surface area contributed by atoms with Gasteiger partial charge in [0.1, 0.15) is 13.1 Å². The molecule has 4 heteroatoms. The summed E-state index contributed by atoms with van der Waals surface area (Å²) >= 11 is 3.80. The molecule has 0 unspecified atom stereocenters. The normalized spacial score (nSPS) is 11.3. The number of hydrogen-bond donors (Lipinski definition) is 0. The van der Waals surface area contributed by atoms with E-state index in [2.05, 4.69) is 96.3 Å². The number of thiophene rings is 2. The van der Waals surface area contributed by atoms with Crippen LogP contribution >= 0.6 is 22.7 Å². The van der Waals surface area contributed by atoms with Gasteiger partial charge < -0.3 is 0 Å². The van der Waals surface area contributed by atoms with E-state index in [9.17, 15) is 0 Å². The Morgan fingerprint density at radius 3 is 1.16 bits per heavy atom. The van der Waals surface area contributed by atoms with E-state index in [1.54, 1.807) is 0 Å². The minimum absolute atomic E-state index is 1.12. The van der Waals surface area contributed by atoms with Gasteiger partial charge in [-0.05, 0) is 37.1 Å². The number of aryl methyl sites for hydroxylation is 2. The van der Waals surface area contributed by atoms with Crippen molar-refractivity contribution < 1.29 is 9.13 Å². The first-order valence-corrected chi connectivity index (χ1v) is 16.6. The van der Waals surface area contributed by atoms with Crippen LogP contribution < -0.4 is 9.13 Å². The first-order chi connectivity index (χ1) is 18.8. The molecule has 38 heavy (non-hydrogen) atoms. The van der Waals surface area contributed by atoms with Crippen molar-refractivity contribution >= 4 is 22.7 Å². The van der Waals surface area contributed by atoms with Gasteiger partial charge in [0.05, 0.1) is 0 Å². The summed E-state index contributed by atoms with van der Waals surface area (Å²) in [6.45, 7) is 6.81. The van der Waals surface area contributed by atoms with Crippen molar-refractivity contribution in [2.75, 3.05) is 0 Å². The summed E-state index contributed by atoms with van der Waals surface area (Å²) in [5, 5.41) is 0. The number of nitrogens with zero attached hydrogens (tertiary/aromatic N) is 2. The van der Waals surface area contributed by atoms with E-state index in [0.29, 0.717) is 0 Å². The second-order valence-corrected chi connectivity index (χ2v) is 12.7. The molecule has 0 bridgehead atoms. The lowest BCUT2D eigenvalue weighted by Crippen LogP contribution is -2.32. The average Bonchev–Trinajstić information content (AvgIpc) is 3.64. The van der Waals surface area contributed by atoms with Gasteiger partial charge in [0.25, 0.3) is 0 Å². The van der Waals surface area contributed by atoms with Gasteiger partial charge in [0, 0.05) is 67.7 Å². The maximum atomic E-state index is 2.33. The van der Waals surface area contributed by atoms with E-state index >= 15 is 0 Å². The van der Waals surface area contributed by atoms with Gasteiger partial charge in [0.2, 0.25) is 0 Å². The van der Waals surface area contributed by atoms with E-state index in [1.807, 2.05) is 22.7 Å². The van der Waals surface area contributed by atoms with Gasteiger partial charge in [-0.3, -0.25) is 0 Å². The molecule has 4 heterocycles. The minimum atomic E-state index is 1.12. The Hall–Kier alpha value is -2.30. The van der Waals surface area contributed by atoms with Crippen LogP contribution in [0.3, 0.4) is 0 Å². The van der Waals surface area contributed by atoms with Gasteiger partial charge in [0.15, 0.2) is 24.8 Å². The van der Waals surface area contributed by atoms with Crippen molar-refractivity contribution in [1.29, 1.82) is 0 Å². The summed E-state index contributed by atoms with van der Waals surface area (Å²) in [5.74, 6) is 0. The zero-order chi connectivity index (χ0) is 26.4. The second-order valence-electron chi connectivity index (χ2n) is 10.5. The summed E-state index contributed by atoms with van der Waals surface area (Å²) in [6, 6.07) is 18.2. The number of unbranched alkanes of at least 4 members (excludes halogenated alkanes) is 10. The molecule has 0 fully saturated rings. The lowest BCUT2D eigenvalue weighted by Gasteiger charge is -2.00. The van der Waals surface area contributed by atoms with Crippen molar-refractivity contribution in [2.45, 2.75) is 104 Å². The Balaban J connectivity index is 1.28. The van der Waals surface area contributed by atoms with Crippen LogP contribution in [0.4, 0.5) is 0 Å². The summed E-state index contributed by atoms with van der Waals surface area (Å²) in [4.78, 5) is 5.40. The largest absolute Gasteiger partial charge is 0.205 e. The predicted molar refractivity (Wildman–Crippen MR) is 166 cm³/mol. The number of aromatic nitrogens is 2. The fourth-order valence-electron chi connectivity index (χ4n) is 4.94. The van der Waals surface area contributed by atoms with E-state index in [1.165, 1.54) is 108 Å². The molecule has 4 rings (SSSR count). The molecule has 0 saturated carbocycles. The summed E-state index contributed by atoms with van der Waals surface area (Å²) in [6.07, 6.45) is 25.1. The molecular weight excluding hydrogens is 501 g/mol. The van der Waals surface area contributed by atoms with Crippen LogP contribution in [-0.2, 0) is 13.1 Å². The highest BCUT2D eigenvalue weighted by Gasteiger charge is 2.11. The van der Waals surface area contributed by atoms with E-state index in [0.717, 1.165) is 13.1 Å². The standard InChI is InChI=1S/C34H46N2S2/c1-3-5-7-9-11-13-23-35-25-19-29(20-26-35)31-15-17-33(37-31)34-18-16-32(38-34)30-21-27-36(28-22-30)24-14-12-10-8-6-4-2/h15-22,25-28H,3-14,23-24H2,1-2H3/q+2. The maximum absolute atomic E-state index is 2.33. The van der Waals surface area contributed by atoms with Gasteiger partial charge >= 0.3 is 0 Å². The Labute approximate surface area is 239 Å². The fraction of sp³-hybridized carbons (Fsp3) is 0.471. The van der Waals surface area contributed by atoms with Gasteiger partial charge in [-0.25, -0.2) is 9.13 Å². The third-order valence-electron chi connectivity index (χ3n) is 7.35. The third-order valence-corrected chi connectivity index (χ3v) is 9.81. The molecular formula is C34H46N2S2+2. The smallest absolute Gasteiger partial charge is 0.169 e. The quantitative estimate of drug-likeness (QED) is 0.0919. The highest BCUT2D eigenvalue weighted by molar-refractivity contribution is 7.25. The predicted octanol–water partition coefficient (Wildman–Crippen LogP) is 10.1. The molecule has 0 aromatic carbocycles. The van der Waals surface area contributed by atoms with Crippen LogP contribution in [0.15, 0.2) is 73.3 Å². The molecule has 0 amide bonds. The molecule has 4 aromatic rings. The van der Waals surface area contributed by atoms with Crippen LogP contribution in [0.2, 0.25) is 0 Å². The van der Waals surface area contributed by atoms with Gasteiger partial charge in [-0.15, -0.1) is 22.7 Å². The molecule has 0 aliphatic heterocycles. The van der Waals surface area contributed by atoms with Crippen LogP contribution in [-0.4, -0.2) is 0 Å². The molecule has 0 aliphatic carbocycles. The average molecular weight is 547 g/mol. The zero-order valence-corrected chi connectivity index (χ0v) is 25.2. The number of pyridine rings is 2. The second kappa shape index (κ2) is 16.0. The minimum Gasteiger partial charge on any atom is -0.205 e. The SMILES string of the molecule is CCCCCCCC[n+]1ccc(-c2ccc(-c3ccc(-c4cc[n+](CCCCCCCC)cc4)s3)s2)cc1.